The van der Waals surface area contributed by atoms with Gasteiger partial charge in [-0.05, 0) is 58.0 Å². The molecule has 0 bridgehead atoms. The number of nitrogens with zero attached hydrogens (tertiary/aromatic N) is 1. The largest absolute Gasteiger partial charge is 0.506 e. The minimum absolute atomic E-state index is 0.120. The summed E-state index contributed by atoms with van der Waals surface area (Å²) in [6.07, 6.45) is 4.80. The molecule has 1 N–H and O–H groups in total. The smallest absolute Gasteiger partial charge is 0.213 e. The van der Waals surface area contributed by atoms with Gasteiger partial charge in [0, 0.05) is 29.3 Å². The van der Waals surface area contributed by atoms with Crippen molar-refractivity contribution in [3.8, 4) is 11.1 Å². The molecule has 0 amide bonds. The third-order valence-corrected chi connectivity index (χ3v) is 6.06. The van der Waals surface area contributed by atoms with E-state index >= 15 is 0 Å². The lowest BCUT2D eigenvalue weighted by atomic mass is 9.95. The van der Waals surface area contributed by atoms with Gasteiger partial charge in [0.25, 0.3) is 0 Å². The number of aromatic nitrogens is 1. The van der Waals surface area contributed by atoms with Crippen molar-refractivity contribution in [2.24, 2.45) is 5.92 Å². The maximum Gasteiger partial charge on any atom is 0.213 e. The van der Waals surface area contributed by atoms with Crippen LogP contribution >= 0.6 is 11.3 Å². The molecular weight excluding hydrogens is 362 g/mol. The molecule has 144 valence electrons. The first-order valence-electron chi connectivity index (χ1n) is 9.57. The summed E-state index contributed by atoms with van der Waals surface area (Å²) >= 11 is 1.81. The van der Waals surface area contributed by atoms with Crippen LogP contribution in [0, 0.1) is 5.92 Å². The quantitative estimate of drug-likeness (QED) is 0.265. The third-order valence-electron chi connectivity index (χ3n) is 5.05. The lowest BCUT2D eigenvalue weighted by Gasteiger charge is -2.13. The zero-order chi connectivity index (χ0) is 20.4. The molecule has 1 unspecified atom stereocenters. The first kappa shape index (κ1) is 20.1. The van der Waals surface area contributed by atoms with E-state index in [1.54, 1.807) is 6.08 Å². The van der Waals surface area contributed by atoms with Crippen LogP contribution in [-0.2, 0) is 6.42 Å². The molecule has 0 spiro atoms. The van der Waals surface area contributed by atoms with Gasteiger partial charge in [-0.25, -0.2) is 0 Å². The minimum atomic E-state index is -0.239. The number of benzene rings is 1. The molecule has 2 heterocycles. The van der Waals surface area contributed by atoms with Gasteiger partial charge in [-0.15, -0.1) is 11.3 Å². The van der Waals surface area contributed by atoms with Crippen LogP contribution in [0.4, 0.5) is 0 Å². The Morgan fingerprint density at radius 2 is 1.89 bits per heavy atom. The molecule has 2 nitrogen and oxygen atoms in total. The molecule has 3 heteroatoms. The number of allylic oxidation sites excluding steroid dienone is 3. The Labute approximate surface area is 171 Å². The van der Waals surface area contributed by atoms with Crippen molar-refractivity contribution in [1.82, 2.24) is 0 Å². The van der Waals surface area contributed by atoms with E-state index in [1.807, 2.05) is 29.0 Å². The molecule has 1 aromatic carbocycles. The average molecular weight is 391 g/mol. The highest BCUT2D eigenvalue weighted by atomic mass is 32.1. The van der Waals surface area contributed by atoms with Gasteiger partial charge in [0.15, 0.2) is 12.0 Å². The van der Waals surface area contributed by atoms with Gasteiger partial charge in [-0.1, -0.05) is 39.7 Å². The van der Waals surface area contributed by atoms with E-state index in [-0.39, 0.29) is 11.8 Å². The standard InChI is InChI=1S/C25H27NOS/c1-7-17(4)24-15-20(8-10-26(24)18(5)19(6)27)22-13-21-9-11-28-25(21)23(14-22)12-16(2)3/h7-11,13-16,18H,1,4,6,12H2,2-3,5H3/p+1. The second-order valence-corrected chi connectivity index (χ2v) is 8.59. The van der Waals surface area contributed by atoms with Crippen LogP contribution in [0.15, 0.2) is 73.5 Å². The molecule has 0 aliphatic heterocycles. The normalized spacial score (nSPS) is 12.3. The summed E-state index contributed by atoms with van der Waals surface area (Å²) in [5.41, 5.74) is 5.46. The highest BCUT2D eigenvalue weighted by molar-refractivity contribution is 7.17. The van der Waals surface area contributed by atoms with E-state index in [1.165, 1.54) is 21.2 Å². The molecule has 0 aliphatic rings. The van der Waals surface area contributed by atoms with Gasteiger partial charge >= 0.3 is 0 Å². The highest BCUT2D eigenvalue weighted by Crippen LogP contribution is 2.33. The van der Waals surface area contributed by atoms with Crippen LogP contribution in [0.2, 0.25) is 0 Å². The van der Waals surface area contributed by atoms with Gasteiger partial charge < -0.3 is 5.11 Å². The van der Waals surface area contributed by atoms with Crippen molar-refractivity contribution in [3.05, 3.63) is 84.7 Å². The van der Waals surface area contributed by atoms with Gasteiger partial charge in [0.1, 0.15) is 0 Å². The Morgan fingerprint density at radius 3 is 2.54 bits per heavy atom. The van der Waals surface area contributed by atoms with E-state index < -0.39 is 0 Å². The summed E-state index contributed by atoms with van der Waals surface area (Å²) in [5, 5.41) is 13.3. The molecule has 0 fully saturated rings. The zero-order valence-electron chi connectivity index (χ0n) is 16.9. The van der Waals surface area contributed by atoms with Gasteiger partial charge in [-0.2, -0.15) is 4.57 Å². The predicted octanol–water partition coefficient (Wildman–Crippen LogP) is 6.89. The predicted molar refractivity (Wildman–Crippen MR) is 122 cm³/mol. The van der Waals surface area contributed by atoms with Gasteiger partial charge in [0.05, 0.1) is 0 Å². The highest BCUT2D eigenvalue weighted by Gasteiger charge is 2.22. The van der Waals surface area contributed by atoms with Crippen molar-refractivity contribution in [2.75, 3.05) is 0 Å². The summed E-state index contributed by atoms with van der Waals surface area (Å²) < 4.78 is 3.36. The Morgan fingerprint density at radius 1 is 1.14 bits per heavy atom. The average Bonchev–Trinajstić information content (AvgIpc) is 3.14. The van der Waals surface area contributed by atoms with E-state index in [9.17, 15) is 5.11 Å². The molecule has 3 aromatic rings. The van der Waals surface area contributed by atoms with E-state index in [2.05, 4.69) is 69.3 Å². The minimum Gasteiger partial charge on any atom is -0.506 e. The van der Waals surface area contributed by atoms with E-state index in [0.717, 1.165) is 23.3 Å². The number of hydrogen-bond acceptors (Lipinski definition) is 2. The number of aliphatic hydroxyl groups excluding tert-OH is 1. The fourth-order valence-electron chi connectivity index (χ4n) is 3.47. The molecular formula is C25H28NOS+. The van der Waals surface area contributed by atoms with Crippen LogP contribution in [0.25, 0.3) is 26.8 Å². The van der Waals surface area contributed by atoms with E-state index in [0.29, 0.717) is 5.92 Å². The molecule has 2 aromatic heterocycles. The van der Waals surface area contributed by atoms with Gasteiger partial charge in [0.2, 0.25) is 11.7 Å². The summed E-state index contributed by atoms with van der Waals surface area (Å²) in [6, 6.07) is 10.7. The lowest BCUT2D eigenvalue weighted by Crippen LogP contribution is -2.42. The first-order valence-corrected chi connectivity index (χ1v) is 10.4. The van der Waals surface area contributed by atoms with Crippen molar-refractivity contribution >= 4 is 27.0 Å². The number of pyridine rings is 1. The Balaban J connectivity index is 2.17. The first-order chi connectivity index (χ1) is 13.3. The molecule has 0 saturated heterocycles. The van der Waals surface area contributed by atoms with Crippen LogP contribution in [0.1, 0.15) is 38.1 Å². The maximum atomic E-state index is 9.88. The zero-order valence-corrected chi connectivity index (χ0v) is 17.7. The summed E-state index contributed by atoms with van der Waals surface area (Å²) in [6.45, 7) is 18.1. The van der Waals surface area contributed by atoms with Crippen LogP contribution in [0.5, 0.6) is 0 Å². The van der Waals surface area contributed by atoms with Crippen molar-refractivity contribution in [2.45, 2.75) is 33.2 Å². The van der Waals surface area contributed by atoms with Crippen molar-refractivity contribution in [1.29, 1.82) is 0 Å². The van der Waals surface area contributed by atoms with Crippen LogP contribution in [0.3, 0.4) is 0 Å². The van der Waals surface area contributed by atoms with Crippen LogP contribution in [-0.4, -0.2) is 5.11 Å². The number of rotatable bonds is 7. The SMILES string of the molecule is C=CC(=C)c1cc(-c2cc(CC(C)C)c3sccc3c2)cc[n+]1C(C)C(=C)O. The Kier molecular flexibility index (Phi) is 5.85. The van der Waals surface area contributed by atoms with Crippen molar-refractivity contribution in [3.63, 3.8) is 0 Å². The van der Waals surface area contributed by atoms with E-state index in [4.69, 9.17) is 0 Å². The number of fused-ring (bicyclic) bond motifs is 1. The van der Waals surface area contributed by atoms with Gasteiger partial charge in [-0.3, -0.25) is 0 Å². The third kappa shape index (κ3) is 3.95. The molecule has 0 saturated carbocycles. The monoisotopic (exact) mass is 390 g/mol. The number of aliphatic hydroxyl groups is 1. The van der Waals surface area contributed by atoms with Crippen LogP contribution < -0.4 is 4.57 Å². The number of hydrogen-bond donors (Lipinski definition) is 1. The number of thiophene rings is 1. The lowest BCUT2D eigenvalue weighted by molar-refractivity contribution is -0.715. The summed E-state index contributed by atoms with van der Waals surface area (Å²) in [5.74, 6) is 0.723. The summed E-state index contributed by atoms with van der Waals surface area (Å²) in [4.78, 5) is 0. The Hall–Kier alpha value is -2.65. The maximum absolute atomic E-state index is 9.88. The summed E-state index contributed by atoms with van der Waals surface area (Å²) in [7, 11) is 0. The fraction of sp³-hybridized carbons (Fsp3) is 0.240. The molecule has 3 rings (SSSR count). The second-order valence-electron chi connectivity index (χ2n) is 7.68. The molecule has 0 aliphatic carbocycles. The molecule has 28 heavy (non-hydrogen) atoms. The Bertz CT molecular complexity index is 1060. The molecule has 0 radical (unpaired) electrons. The van der Waals surface area contributed by atoms with Crippen molar-refractivity contribution < 1.29 is 9.67 Å². The topological polar surface area (TPSA) is 24.1 Å². The molecule has 1 atom stereocenters. The second kappa shape index (κ2) is 8.15. The fourth-order valence-corrected chi connectivity index (χ4v) is 4.37.